The first kappa shape index (κ1) is 27.4. The molecule has 2 fully saturated rings. The van der Waals surface area contributed by atoms with E-state index in [1.807, 2.05) is 11.0 Å². The summed E-state index contributed by atoms with van der Waals surface area (Å²) in [7, 11) is 0. The second-order valence-electron chi connectivity index (χ2n) is 10.4. The van der Waals surface area contributed by atoms with Gasteiger partial charge in [-0.05, 0) is 50.0 Å². The van der Waals surface area contributed by atoms with E-state index in [2.05, 4.69) is 42.0 Å². The van der Waals surface area contributed by atoms with Crippen molar-refractivity contribution in [1.82, 2.24) is 30.0 Å². The monoisotopic (exact) mass is 552 g/mol. The largest absolute Gasteiger partial charge is 0.508 e. The number of nitrogens with one attached hydrogen (secondary N) is 1. The molecule has 4 heterocycles. The SMILES string of the molecule is CCC1CN(c2nc(N)c(-c3nnc(C)o3)[nH]c2=O)CCN1C1CCN(Cc2ccc(O)cc2/C(N)=N\O)CC1. The molecule has 0 spiro atoms. The molecule has 0 aliphatic carbocycles. The highest BCUT2D eigenvalue weighted by atomic mass is 16.4. The first-order chi connectivity index (χ1) is 19.3. The van der Waals surface area contributed by atoms with Crippen molar-refractivity contribution in [2.45, 2.75) is 51.7 Å². The number of oxime groups is 1. The van der Waals surface area contributed by atoms with Crippen molar-refractivity contribution < 1.29 is 14.7 Å². The van der Waals surface area contributed by atoms with Gasteiger partial charge in [-0.1, -0.05) is 18.1 Å². The first-order valence-electron chi connectivity index (χ1n) is 13.5. The number of nitrogens with zero attached hydrogens (tertiary/aromatic N) is 7. The molecule has 3 aromatic rings. The van der Waals surface area contributed by atoms with Gasteiger partial charge in [0.1, 0.15) is 11.4 Å². The van der Waals surface area contributed by atoms with Crippen molar-refractivity contribution in [2.75, 3.05) is 43.4 Å². The number of aryl methyl sites for hydroxylation is 1. The summed E-state index contributed by atoms with van der Waals surface area (Å²) in [6, 6.07) is 5.67. The number of phenolic OH excluding ortho intramolecular Hbond substituents is 1. The average molecular weight is 553 g/mol. The molecule has 0 bridgehead atoms. The van der Waals surface area contributed by atoms with Crippen LogP contribution in [0.2, 0.25) is 0 Å². The molecular formula is C26H36N10O4. The van der Waals surface area contributed by atoms with Gasteiger partial charge in [0.2, 0.25) is 5.89 Å². The highest BCUT2D eigenvalue weighted by Gasteiger charge is 2.34. The number of aromatic hydroxyl groups is 1. The second kappa shape index (κ2) is 11.5. The van der Waals surface area contributed by atoms with Gasteiger partial charge in [0.25, 0.3) is 11.4 Å². The van der Waals surface area contributed by atoms with Gasteiger partial charge < -0.3 is 36.1 Å². The van der Waals surface area contributed by atoms with Crippen LogP contribution in [0.1, 0.15) is 43.2 Å². The van der Waals surface area contributed by atoms with Crippen LogP contribution < -0.4 is 21.9 Å². The number of piperazine rings is 1. The van der Waals surface area contributed by atoms with Gasteiger partial charge in [0.15, 0.2) is 17.5 Å². The predicted octanol–water partition coefficient (Wildman–Crippen LogP) is 1.08. The van der Waals surface area contributed by atoms with Crippen LogP contribution in [-0.2, 0) is 6.54 Å². The van der Waals surface area contributed by atoms with E-state index in [4.69, 9.17) is 21.1 Å². The van der Waals surface area contributed by atoms with Gasteiger partial charge in [-0.2, -0.15) is 0 Å². The Kier molecular flexibility index (Phi) is 7.89. The number of nitrogen functional groups attached to an aromatic ring is 1. The fraction of sp³-hybridized carbons (Fsp3) is 0.500. The summed E-state index contributed by atoms with van der Waals surface area (Å²) >= 11 is 0. The maximum atomic E-state index is 13.0. The minimum Gasteiger partial charge on any atom is -0.508 e. The van der Waals surface area contributed by atoms with Crippen LogP contribution >= 0.6 is 0 Å². The van der Waals surface area contributed by atoms with E-state index < -0.39 is 0 Å². The third kappa shape index (κ3) is 5.58. The second-order valence-corrected chi connectivity index (χ2v) is 10.4. The molecule has 2 aliphatic rings. The quantitative estimate of drug-likeness (QED) is 0.121. The summed E-state index contributed by atoms with van der Waals surface area (Å²) < 4.78 is 5.41. The molecule has 0 radical (unpaired) electrons. The molecule has 1 atom stereocenters. The number of H-pyrrole nitrogens is 1. The van der Waals surface area contributed by atoms with Gasteiger partial charge in [-0.25, -0.2) is 4.98 Å². The van der Waals surface area contributed by atoms with Crippen LogP contribution in [0.25, 0.3) is 11.6 Å². The van der Waals surface area contributed by atoms with Gasteiger partial charge in [0.05, 0.1) is 0 Å². The van der Waals surface area contributed by atoms with E-state index in [1.165, 1.54) is 6.07 Å². The van der Waals surface area contributed by atoms with Crippen molar-refractivity contribution in [3.8, 4) is 17.3 Å². The normalized spacial score (nSPS) is 19.8. The molecule has 5 rings (SSSR count). The molecule has 40 heavy (non-hydrogen) atoms. The van der Waals surface area contributed by atoms with Crippen LogP contribution in [0, 0.1) is 6.92 Å². The Morgan fingerprint density at radius 2 is 2.00 bits per heavy atom. The minimum atomic E-state index is -0.336. The van der Waals surface area contributed by atoms with E-state index in [0.29, 0.717) is 42.9 Å². The Labute approximate surface area is 231 Å². The highest BCUT2D eigenvalue weighted by molar-refractivity contribution is 5.98. The zero-order valence-corrected chi connectivity index (χ0v) is 22.7. The molecule has 1 aromatic carbocycles. The average Bonchev–Trinajstić information content (AvgIpc) is 3.40. The lowest BCUT2D eigenvalue weighted by molar-refractivity contribution is 0.0610. The van der Waals surface area contributed by atoms with Gasteiger partial charge >= 0.3 is 0 Å². The first-order valence-corrected chi connectivity index (χ1v) is 13.5. The number of benzene rings is 1. The zero-order chi connectivity index (χ0) is 28.4. The Hall–Kier alpha value is -4.17. The summed E-state index contributed by atoms with van der Waals surface area (Å²) in [6.45, 7) is 8.47. The number of hydrogen-bond donors (Lipinski definition) is 5. The smallest absolute Gasteiger partial charge is 0.291 e. The maximum absolute atomic E-state index is 13.0. The van der Waals surface area contributed by atoms with Crippen LogP contribution in [0.5, 0.6) is 5.75 Å². The lowest BCUT2D eigenvalue weighted by Crippen LogP contribution is -2.59. The summed E-state index contributed by atoms with van der Waals surface area (Å²) in [6.07, 6.45) is 2.97. The van der Waals surface area contributed by atoms with E-state index in [1.54, 1.807) is 13.0 Å². The van der Waals surface area contributed by atoms with Gasteiger partial charge in [-0.15, -0.1) is 10.2 Å². The summed E-state index contributed by atoms with van der Waals surface area (Å²) in [5.74, 6) is 1.02. The van der Waals surface area contributed by atoms with Crippen molar-refractivity contribution in [2.24, 2.45) is 10.9 Å². The van der Waals surface area contributed by atoms with Crippen molar-refractivity contribution in [1.29, 1.82) is 0 Å². The Morgan fingerprint density at radius 1 is 1.23 bits per heavy atom. The number of nitrogens with two attached hydrogens (primary N) is 2. The Bertz CT molecular complexity index is 1430. The van der Waals surface area contributed by atoms with Crippen LogP contribution in [0.3, 0.4) is 0 Å². The van der Waals surface area contributed by atoms with Crippen LogP contribution in [-0.4, -0.2) is 90.9 Å². The summed E-state index contributed by atoms with van der Waals surface area (Å²) in [4.78, 5) is 27.1. The molecule has 2 saturated heterocycles. The molecule has 14 heteroatoms. The number of amidine groups is 1. The summed E-state index contributed by atoms with van der Waals surface area (Å²) in [5, 5.41) is 29.8. The number of aromatic nitrogens is 4. The maximum Gasteiger partial charge on any atom is 0.291 e. The fourth-order valence-corrected chi connectivity index (χ4v) is 5.78. The highest BCUT2D eigenvalue weighted by Crippen LogP contribution is 2.27. The van der Waals surface area contributed by atoms with E-state index in [9.17, 15) is 9.90 Å². The fourth-order valence-electron chi connectivity index (χ4n) is 5.78. The molecule has 0 amide bonds. The minimum absolute atomic E-state index is 0.0149. The lowest BCUT2D eigenvalue weighted by Gasteiger charge is -2.47. The van der Waals surface area contributed by atoms with Gasteiger partial charge in [0, 0.05) is 50.7 Å². The lowest BCUT2D eigenvalue weighted by atomic mass is 9.97. The van der Waals surface area contributed by atoms with E-state index >= 15 is 0 Å². The molecule has 1 unspecified atom stereocenters. The number of likely N-dealkylation sites (tertiary alicyclic amines) is 1. The molecule has 2 aliphatic heterocycles. The van der Waals surface area contributed by atoms with Crippen molar-refractivity contribution in [3.05, 3.63) is 45.6 Å². The molecule has 0 saturated carbocycles. The molecule has 14 nitrogen and oxygen atoms in total. The summed E-state index contributed by atoms with van der Waals surface area (Å²) in [5.41, 5.74) is 13.4. The van der Waals surface area contributed by atoms with Crippen LogP contribution in [0.4, 0.5) is 11.6 Å². The number of aromatic amines is 1. The molecule has 214 valence electrons. The number of phenols is 1. The van der Waals surface area contributed by atoms with Crippen molar-refractivity contribution >= 4 is 17.5 Å². The molecule has 7 N–H and O–H groups in total. The number of rotatable bonds is 7. The topological polar surface area (TPSA) is 199 Å². The number of piperidine rings is 1. The predicted molar refractivity (Wildman–Crippen MR) is 149 cm³/mol. The number of hydrogen-bond acceptors (Lipinski definition) is 12. The van der Waals surface area contributed by atoms with Crippen molar-refractivity contribution in [3.63, 3.8) is 0 Å². The Morgan fingerprint density at radius 3 is 2.67 bits per heavy atom. The number of anilines is 2. The molecule has 2 aromatic heterocycles. The van der Waals surface area contributed by atoms with E-state index in [0.717, 1.165) is 44.5 Å². The molecular weight excluding hydrogens is 516 g/mol. The van der Waals surface area contributed by atoms with Gasteiger partial charge in [-0.3, -0.25) is 14.6 Å². The van der Waals surface area contributed by atoms with Crippen LogP contribution in [0.15, 0.2) is 32.6 Å². The standard InChI is InChI=1S/C26H36N10O4/c1-3-17-14-35(24-25(38)29-21(23(28)30-24)26-32-31-15(2)40-26)10-11-36(17)18-6-8-34(9-7-18)13-16-4-5-19(37)12-20(16)22(27)33-39/h4-5,12,17-18,37,39H,3,6-11,13-14H2,1-2H3,(H2,27,33)(H2,28,30)(H,29,38). The Balaban J connectivity index is 1.22. The third-order valence-electron chi connectivity index (χ3n) is 7.86. The van der Waals surface area contributed by atoms with E-state index in [-0.39, 0.29) is 40.6 Å². The zero-order valence-electron chi connectivity index (χ0n) is 22.7. The third-order valence-corrected chi connectivity index (χ3v) is 7.86.